The van der Waals surface area contributed by atoms with E-state index in [1.54, 1.807) is 4.90 Å². The Hall–Kier alpha value is -3.64. The lowest BCUT2D eigenvalue weighted by atomic mass is 9.99. The first-order chi connectivity index (χ1) is 18.1. The number of anilines is 1. The predicted octanol–water partition coefficient (Wildman–Crippen LogP) is 7.15. The third-order valence-corrected chi connectivity index (χ3v) is 7.27. The number of hydrogen-bond donors (Lipinski definition) is 1. The topological polar surface area (TPSA) is 54.3 Å². The molecule has 1 unspecified atom stereocenters. The molecule has 0 fully saturated rings. The minimum atomic E-state index is -0.823. The maximum absolute atomic E-state index is 13.9. The number of halogens is 1. The summed E-state index contributed by atoms with van der Waals surface area (Å²) in [6, 6.07) is 27.4. The van der Waals surface area contributed by atoms with Gasteiger partial charge in [0, 0.05) is 22.1 Å². The average Bonchev–Trinajstić information content (AvgIpc) is 3.28. The van der Waals surface area contributed by atoms with Gasteiger partial charge < -0.3 is 9.88 Å². The van der Waals surface area contributed by atoms with Crippen LogP contribution < -0.4 is 10.2 Å². The Balaban J connectivity index is 1.71. The number of aromatic nitrogens is 1. The van der Waals surface area contributed by atoms with Crippen molar-refractivity contribution in [3.63, 3.8) is 0 Å². The third kappa shape index (κ3) is 5.18. The van der Waals surface area contributed by atoms with Gasteiger partial charge in [0.25, 0.3) is 0 Å². The molecule has 2 amide bonds. The molecule has 2 heterocycles. The van der Waals surface area contributed by atoms with E-state index in [0.29, 0.717) is 18.5 Å². The molecule has 0 spiro atoms. The molecule has 5 nitrogen and oxygen atoms in total. The molecule has 0 saturated carbocycles. The summed E-state index contributed by atoms with van der Waals surface area (Å²) in [7, 11) is 0. The number of para-hydroxylation sites is 2. The van der Waals surface area contributed by atoms with Gasteiger partial charge in [-0.2, -0.15) is 0 Å². The molecule has 5 rings (SSSR count). The summed E-state index contributed by atoms with van der Waals surface area (Å²) in [5.41, 5.74) is 6.31. The first-order valence-corrected chi connectivity index (χ1v) is 13.7. The first-order valence-electron chi connectivity index (χ1n) is 12.9. The normalized spacial score (nSPS) is 14.2. The van der Waals surface area contributed by atoms with Crippen molar-refractivity contribution >= 4 is 33.4 Å². The summed E-state index contributed by atoms with van der Waals surface area (Å²) < 4.78 is 3.15. The van der Waals surface area contributed by atoms with Crippen LogP contribution in [0.1, 0.15) is 50.1 Å². The van der Waals surface area contributed by atoms with E-state index >= 15 is 0 Å². The lowest BCUT2D eigenvalue weighted by molar-refractivity contribution is -0.127. The van der Waals surface area contributed by atoms with Crippen molar-refractivity contribution in [2.45, 2.75) is 52.1 Å². The van der Waals surface area contributed by atoms with Crippen molar-refractivity contribution in [1.82, 2.24) is 9.88 Å². The Kier molecular flexibility index (Phi) is 7.01. The Bertz CT molecular complexity index is 1480. The summed E-state index contributed by atoms with van der Waals surface area (Å²) in [4.78, 5) is 29.5. The van der Waals surface area contributed by atoms with Crippen LogP contribution in [0.5, 0.6) is 0 Å². The van der Waals surface area contributed by atoms with E-state index in [1.807, 2.05) is 69.3 Å². The molecule has 194 valence electrons. The summed E-state index contributed by atoms with van der Waals surface area (Å²) >= 11 is 3.50. The van der Waals surface area contributed by atoms with Crippen LogP contribution in [0, 0.1) is 6.92 Å². The number of rotatable bonds is 4. The fraction of sp³-hybridized carbons (Fsp3) is 0.250. The summed E-state index contributed by atoms with van der Waals surface area (Å²) in [6.45, 7) is 7.93. The Morgan fingerprint density at radius 1 is 0.868 bits per heavy atom. The molecule has 0 saturated heterocycles. The lowest BCUT2D eigenvalue weighted by Crippen LogP contribution is -2.50. The van der Waals surface area contributed by atoms with Crippen molar-refractivity contribution in [3.8, 4) is 16.9 Å². The highest BCUT2D eigenvalue weighted by Crippen LogP contribution is 2.39. The number of hydrogen-bond acceptors (Lipinski definition) is 2. The highest BCUT2D eigenvalue weighted by molar-refractivity contribution is 9.10. The minimum absolute atomic E-state index is 0.0845. The van der Waals surface area contributed by atoms with Crippen molar-refractivity contribution in [1.29, 1.82) is 0 Å². The van der Waals surface area contributed by atoms with Crippen molar-refractivity contribution in [2.75, 3.05) is 4.90 Å². The predicted molar refractivity (Wildman–Crippen MR) is 157 cm³/mol. The molecule has 1 atom stereocenters. The molecule has 0 aliphatic carbocycles. The second-order valence-corrected chi connectivity index (χ2v) is 11.8. The second-order valence-electron chi connectivity index (χ2n) is 10.9. The SMILES string of the molecule is Cc1ccc(-c2ccc3n2-c2ccccc2N(C(C(=O)NC(C)(C)C)c2ccc(Br)cc2)C(=O)CC3)cc1. The van der Waals surface area contributed by atoms with Crippen LogP contribution in [0.4, 0.5) is 5.69 Å². The van der Waals surface area contributed by atoms with E-state index < -0.39 is 11.6 Å². The van der Waals surface area contributed by atoms with Gasteiger partial charge in [-0.1, -0.05) is 70.0 Å². The van der Waals surface area contributed by atoms with Gasteiger partial charge in [0.05, 0.1) is 17.1 Å². The Labute approximate surface area is 232 Å². The quantitative estimate of drug-likeness (QED) is 0.283. The third-order valence-electron chi connectivity index (χ3n) is 6.75. The molecule has 3 aromatic carbocycles. The number of carbonyl (C=O) groups excluding carboxylic acids is 2. The van der Waals surface area contributed by atoms with E-state index in [4.69, 9.17) is 0 Å². The van der Waals surface area contributed by atoms with Gasteiger partial charge in [-0.3, -0.25) is 14.5 Å². The van der Waals surface area contributed by atoms with Crippen LogP contribution in [-0.2, 0) is 16.0 Å². The summed E-state index contributed by atoms with van der Waals surface area (Å²) in [5, 5.41) is 3.12. The van der Waals surface area contributed by atoms with E-state index in [1.165, 1.54) is 5.56 Å². The number of amides is 2. The zero-order chi connectivity index (χ0) is 27.0. The van der Waals surface area contributed by atoms with Crippen LogP contribution in [0.3, 0.4) is 0 Å². The number of benzene rings is 3. The second kappa shape index (κ2) is 10.3. The smallest absolute Gasteiger partial charge is 0.248 e. The van der Waals surface area contributed by atoms with Gasteiger partial charge in [0.1, 0.15) is 6.04 Å². The van der Waals surface area contributed by atoms with Gasteiger partial charge in [-0.25, -0.2) is 0 Å². The number of fused-ring (bicyclic) bond motifs is 3. The lowest BCUT2D eigenvalue weighted by Gasteiger charge is -2.36. The maximum atomic E-state index is 13.9. The molecule has 0 radical (unpaired) electrons. The van der Waals surface area contributed by atoms with Gasteiger partial charge in [-0.05, 0) is 81.6 Å². The van der Waals surface area contributed by atoms with Crippen LogP contribution in [0.2, 0.25) is 0 Å². The molecule has 1 aliphatic rings. The largest absolute Gasteiger partial charge is 0.349 e. The van der Waals surface area contributed by atoms with Crippen LogP contribution in [-0.4, -0.2) is 21.9 Å². The molecule has 6 heteroatoms. The van der Waals surface area contributed by atoms with Crippen molar-refractivity contribution in [2.24, 2.45) is 0 Å². The molecule has 1 aromatic heterocycles. The molecule has 1 aliphatic heterocycles. The molecule has 38 heavy (non-hydrogen) atoms. The number of nitrogens with one attached hydrogen (secondary N) is 1. The maximum Gasteiger partial charge on any atom is 0.248 e. The summed E-state index contributed by atoms with van der Waals surface area (Å²) in [6.07, 6.45) is 0.866. The molecule has 1 N–H and O–H groups in total. The minimum Gasteiger partial charge on any atom is -0.349 e. The fourth-order valence-electron chi connectivity index (χ4n) is 5.04. The standard InChI is InChI=1S/C32H32BrN3O2/c1-21-9-11-22(12-10-21)26-19-17-25-18-20-29(37)36(28-8-6-5-7-27(28)35(25)26)30(31(38)34-32(2,3)4)23-13-15-24(33)16-14-23/h5-17,19,30H,18,20H2,1-4H3,(H,34,38). The van der Waals surface area contributed by atoms with Crippen molar-refractivity contribution < 1.29 is 9.59 Å². The van der Waals surface area contributed by atoms with E-state index in [-0.39, 0.29) is 11.8 Å². The van der Waals surface area contributed by atoms with Gasteiger partial charge >= 0.3 is 0 Å². The zero-order valence-corrected chi connectivity index (χ0v) is 23.7. The number of nitrogens with zero attached hydrogens (tertiary/aromatic N) is 2. The Morgan fingerprint density at radius 3 is 2.18 bits per heavy atom. The first kappa shape index (κ1) is 26.0. The van der Waals surface area contributed by atoms with Crippen LogP contribution in [0.25, 0.3) is 16.9 Å². The van der Waals surface area contributed by atoms with Gasteiger partial charge in [0.2, 0.25) is 11.8 Å². The van der Waals surface area contributed by atoms with Crippen LogP contribution in [0.15, 0.2) is 89.4 Å². The summed E-state index contributed by atoms with van der Waals surface area (Å²) in [5.74, 6) is -0.297. The van der Waals surface area contributed by atoms with E-state index in [2.05, 4.69) is 69.1 Å². The van der Waals surface area contributed by atoms with Crippen LogP contribution >= 0.6 is 15.9 Å². The molecule has 0 bridgehead atoms. The molecular weight excluding hydrogens is 538 g/mol. The Morgan fingerprint density at radius 2 is 1.53 bits per heavy atom. The van der Waals surface area contributed by atoms with E-state index in [9.17, 15) is 9.59 Å². The number of aryl methyl sites for hydroxylation is 2. The van der Waals surface area contributed by atoms with Gasteiger partial charge in [0.15, 0.2) is 0 Å². The monoisotopic (exact) mass is 569 g/mol. The fourth-order valence-corrected chi connectivity index (χ4v) is 5.30. The van der Waals surface area contributed by atoms with Crippen molar-refractivity contribution in [3.05, 3.63) is 106 Å². The molecular formula is C32H32BrN3O2. The number of carbonyl (C=O) groups is 2. The van der Waals surface area contributed by atoms with Gasteiger partial charge in [-0.15, -0.1) is 0 Å². The highest BCUT2D eigenvalue weighted by Gasteiger charge is 2.36. The average molecular weight is 571 g/mol. The zero-order valence-electron chi connectivity index (χ0n) is 22.2. The van der Waals surface area contributed by atoms with E-state index in [0.717, 1.165) is 32.7 Å². The molecule has 4 aromatic rings. The highest BCUT2D eigenvalue weighted by atomic mass is 79.9.